The van der Waals surface area contributed by atoms with Crippen LogP contribution in [-0.4, -0.2) is 72.1 Å². The number of carbonyl (C=O) groups is 3. The van der Waals surface area contributed by atoms with Gasteiger partial charge in [0.2, 0.25) is 17.7 Å². The highest BCUT2D eigenvalue weighted by molar-refractivity contribution is 5.93. The van der Waals surface area contributed by atoms with E-state index >= 15 is 0 Å². The van der Waals surface area contributed by atoms with E-state index in [1.165, 1.54) is 0 Å². The highest BCUT2D eigenvalue weighted by Gasteiger charge is 2.37. The summed E-state index contributed by atoms with van der Waals surface area (Å²) in [5.41, 5.74) is 0.924. The smallest absolute Gasteiger partial charge is 0.243 e. The number of benzene rings is 2. The number of nitrogens with one attached hydrogen (secondary N) is 3. The summed E-state index contributed by atoms with van der Waals surface area (Å²) < 4.78 is 0. The van der Waals surface area contributed by atoms with Crippen molar-refractivity contribution in [2.45, 2.75) is 90.8 Å². The summed E-state index contributed by atoms with van der Waals surface area (Å²) in [6.45, 7) is 10.2. The first-order chi connectivity index (χ1) is 19.8. The predicted octanol–water partition coefficient (Wildman–Crippen LogP) is 3.80. The van der Waals surface area contributed by atoms with Gasteiger partial charge < -0.3 is 26.0 Å². The van der Waals surface area contributed by atoms with Gasteiger partial charge in [0.05, 0.1) is 6.10 Å². The van der Waals surface area contributed by atoms with E-state index in [0.29, 0.717) is 31.8 Å². The number of likely N-dealkylation sites (tertiary alicyclic amines) is 1. The number of aliphatic hydroxyl groups excluding tert-OH is 1. The second kappa shape index (κ2) is 16.5. The highest BCUT2D eigenvalue weighted by atomic mass is 16.3. The van der Waals surface area contributed by atoms with Gasteiger partial charge in [0.25, 0.3) is 0 Å². The molecule has 3 amide bonds. The van der Waals surface area contributed by atoms with Gasteiger partial charge in [-0.15, -0.1) is 0 Å². The van der Waals surface area contributed by atoms with Gasteiger partial charge in [-0.25, -0.2) is 0 Å². The molecule has 226 valence electrons. The lowest BCUT2D eigenvalue weighted by Crippen LogP contribution is -2.55. The Hall–Kier alpha value is -2.97. The Morgan fingerprint density at radius 3 is 2.32 bits per heavy atom. The lowest BCUT2D eigenvalue weighted by molar-refractivity contribution is -0.142. The summed E-state index contributed by atoms with van der Waals surface area (Å²) in [5, 5.41) is 21.8. The van der Waals surface area contributed by atoms with E-state index in [2.05, 4.69) is 29.8 Å². The van der Waals surface area contributed by atoms with Crippen LogP contribution in [0.2, 0.25) is 0 Å². The van der Waals surface area contributed by atoms with Crippen LogP contribution in [-0.2, 0) is 20.8 Å². The Morgan fingerprint density at radius 1 is 0.927 bits per heavy atom. The number of hydrogen-bond acceptors (Lipinski definition) is 5. The summed E-state index contributed by atoms with van der Waals surface area (Å²) in [5.74, 6) is -0.158. The largest absolute Gasteiger partial charge is 0.390 e. The van der Waals surface area contributed by atoms with Gasteiger partial charge in [0.1, 0.15) is 12.1 Å². The quantitative estimate of drug-likeness (QED) is 0.247. The minimum absolute atomic E-state index is 0.0205. The number of fused-ring (bicyclic) bond motifs is 1. The van der Waals surface area contributed by atoms with Crippen molar-refractivity contribution < 1.29 is 19.5 Å². The van der Waals surface area contributed by atoms with Crippen LogP contribution < -0.4 is 16.0 Å². The average molecular weight is 567 g/mol. The molecule has 2 aromatic rings. The molecule has 0 aliphatic carbocycles. The molecule has 1 aliphatic heterocycles. The monoisotopic (exact) mass is 566 g/mol. The minimum atomic E-state index is -0.834. The van der Waals surface area contributed by atoms with Crippen LogP contribution >= 0.6 is 0 Å². The molecular formula is C33H50N4O4. The number of aliphatic hydroxyl groups is 1. The maximum Gasteiger partial charge on any atom is 0.243 e. The third-order valence-electron chi connectivity index (χ3n) is 8.54. The molecule has 3 rings (SSSR count). The molecule has 1 fully saturated rings. The van der Waals surface area contributed by atoms with Crippen LogP contribution in [0.5, 0.6) is 0 Å². The lowest BCUT2D eigenvalue weighted by atomic mass is 10.00. The second-order valence-corrected chi connectivity index (χ2v) is 11.4. The molecule has 1 heterocycles. The Kier molecular flexibility index (Phi) is 13.1. The van der Waals surface area contributed by atoms with Crippen molar-refractivity contribution in [1.29, 1.82) is 0 Å². The molecule has 3 atom stereocenters. The van der Waals surface area contributed by atoms with Gasteiger partial charge in [0, 0.05) is 32.0 Å². The molecular weight excluding hydrogens is 516 g/mol. The number of carbonyl (C=O) groups excluding carboxylic acids is 3. The summed E-state index contributed by atoms with van der Waals surface area (Å²) >= 11 is 0. The molecule has 0 spiro atoms. The van der Waals surface area contributed by atoms with Gasteiger partial charge in [0.15, 0.2) is 0 Å². The third-order valence-corrected chi connectivity index (χ3v) is 8.54. The van der Waals surface area contributed by atoms with E-state index in [4.69, 9.17) is 0 Å². The Labute approximate surface area is 245 Å². The molecule has 0 aromatic heterocycles. The maximum atomic E-state index is 13.5. The lowest BCUT2D eigenvalue weighted by Gasteiger charge is -2.29. The summed E-state index contributed by atoms with van der Waals surface area (Å²) in [4.78, 5) is 41.8. The zero-order valence-electron chi connectivity index (χ0n) is 25.3. The summed E-state index contributed by atoms with van der Waals surface area (Å²) in [7, 11) is 0. The number of nitrogens with zero attached hydrogens (tertiary/aromatic N) is 1. The fourth-order valence-corrected chi connectivity index (χ4v) is 5.70. The van der Waals surface area contributed by atoms with Crippen LogP contribution in [0.25, 0.3) is 10.8 Å². The molecule has 0 radical (unpaired) electrons. The van der Waals surface area contributed by atoms with E-state index in [-0.39, 0.29) is 30.2 Å². The van der Waals surface area contributed by atoms with Gasteiger partial charge in [-0.3, -0.25) is 14.4 Å². The average Bonchev–Trinajstić information content (AvgIpc) is 3.48. The summed E-state index contributed by atoms with van der Waals surface area (Å²) in [6, 6.07) is 12.6. The second-order valence-electron chi connectivity index (χ2n) is 11.4. The van der Waals surface area contributed by atoms with Crippen LogP contribution in [0.4, 0.5) is 0 Å². The van der Waals surface area contributed by atoms with Gasteiger partial charge in [-0.1, -0.05) is 83.0 Å². The van der Waals surface area contributed by atoms with Crippen LogP contribution in [0, 0.1) is 11.8 Å². The first-order valence-corrected chi connectivity index (χ1v) is 15.6. The molecule has 41 heavy (non-hydrogen) atoms. The number of amides is 3. The van der Waals surface area contributed by atoms with Crippen molar-refractivity contribution in [3.63, 3.8) is 0 Å². The van der Waals surface area contributed by atoms with Gasteiger partial charge >= 0.3 is 0 Å². The molecule has 2 aromatic carbocycles. The van der Waals surface area contributed by atoms with E-state index in [9.17, 15) is 19.5 Å². The first-order valence-electron chi connectivity index (χ1n) is 15.6. The minimum Gasteiger partial charge on any atom is -0.390 e. The molecule has 0 bridgehead atoms. The number of rotatable bonds is 16. The Bertz CT molecular complexity index is 1130. The molecule has 0 saturated carbocycles. The van der Waals surface area contributed by atoms with Crippen LogP contribution in [0.3, 0.4) is 0 Å². The van der Waals surface area contributed by atoms with Crippen molar-refractivity contribution in [2.75, 3.05) is 26.2 Å². The zero-order chi connectivity index (χ0) is 29.8. The SMILES string of the molecule is CCC(CC)CNCC(O)CNC(=O)[C@@H](Cc1ccc2ccccc2c1)NC(=O)[C@@H]1CCCN1C(=O)C(CC)CC. The summed E-state index contributed by atoms with van der Waals surface area (Å²) in [6.07, 6.45) is 4.54. The topological polar surface area (TPSA) is 111 Å². The standard InChI is InChI=1S/C33H50N4O4/c1-5-23(6-2)20-34-21-28(38)22-35-31(39)29(19-24-15-16-26-12-9-10-13-27(26)18-24)36-32(40)30-14-11-17-37(30)33(41)25(7-3)8-4/h9-10,12-13,15-16,18,23,25,28-30,34,38H,5-8,11,14,17,19-22H2,1-4H3,(H,35,39)(H,36,40)/t28?,29-,30+/m1/s1. The van der Waals surface area contributed by atoms with Crippen LogP contribution in [0.15, 0.2) is 42.5 Å². The fourth-order valence-electron chi connectivity index (χ4n) is 5.70. The van der Waals surface area contributed by atoms with Gasteiger partial charge in [-0.05, 0) is 54.5 Å². The fraction of sp³-hybridized carbons (Fsp3) is 0.606. The predicted molar refractivity (Wildman–Crippen MR) is 164 cm³/mol. The van der Waals surface area contributed by atoms with Crippen molar-refractivity contribution in [1.82, 2.24) is 20.9 Å². The van der Waals surface area contributed by atoms with E-state index in [1.54, 1.807) is 4.90 Å². The Morgan fingerprint density at radius 2 is 1.63 bits per heavy atom. The first kappa shape index (κ1) is 32.5. The molecule has 8 nitrogen and oxygen atoms in total. The molecule has 1 saturated heterocycles. The molecule has 1 aliphatic rings. The van der Waals surface area contributed by atoms with Crippen molar-refractivity contribution in [2.24, 2.45) is 11.8 Å². The van der Waals surface area contributed by atoms with Crippen molar-refractivity contribution in [3.05, 3.63) is 48.0 Å². The van der Waals surface area contributed by atoms with Crippen LogP contribution in [0.1, 0.15) is 71.8 Å². The van der Waals surface area contributed by atoms with E-state index < -0.39 is 18.2 Å². The number of hydrogen-bond donors (Lipinski definition) is 4. The molecule has 8 heteroatoms. The molecule has 4 N–H and O–H groups in total. The van der Waals surface area contributed by atoms with E-state index in [1.807, 2.05) is 56.3 Å². The third kappa shape index (κ3) is 9.27. The molecule has 1 unspecified atom stereocenters. The van der Waals surface area contributed by atoms with E-state index in [0.717, 1.165) is 55.0 Å². The Balaban J connectivity index is 1.70. The highest BCUT2D eigenvalue weighted by Crippen LogP contribution is 2.23. The maximum absolute atomic E-state index is 13.5. The normalized spacial score (nSPS) is 16.8. The zero-order valence-corrected chi connectivity index (χ0v) is 25.3. The van der Waals surface area contributed by atoms with Crippen molar-refractivity contribution >= 4 is 28.5 Å². The van der Waals surface area contributed by atoms with Gasteiger partial charge in [-0.2, -0.15) is 0 Å². The van der Waals surface area contributed by atoms with Crippen molar-refractivity contribution in [3.8, 4) is 0 Å².